The summed E-state index contributed by atoms with van der Waals surface area (Å²) in [7, 11) is 3.03. The van der Waals surface area contributed by atoms with Crippen molar-refractivity contribution in [2.45, 2.75) is 56.8 Å². The number of carbonyl (C=O) groups is 1. The van der Waals surface area contributed by atoms with E-state index in [-0.39, 0.29) is 29.9 Å². The highest BCUT2D eigenvalue weighted by Crippen LogP contribution is 2.41. The molecule has 220 valence electrons. The van der Waals surface area contributed by atoms with Gasteiger partial charge in [-0.2, -0.15) is 18.3 Å². The molecule has 40 heavy (non-hydrogen) atoms. The Labute approximate surface area is 231 Å². The van der Waals surface area contributed by atoms with Crippen molar-refractivity contribution >= 4 is 12.1 Å². The summed E-state index contributed by atoms with van der Waals surface area (Å²) in [6.07, 6.45) is 0.380. The number of benzene rings is 2. The molecule has 0 bridgehead atoms. The van der Waals surface area contributed by atoms with E-state index in [0.29, 0.717) is 24.8 Å². The van der Waals surface area contributed by atoms with Crippen molar-refractivity contribution in [3.05, 3.63) is 70.8 Å². The summed E-state index contributed by atoms with van der Waals surface area (Å²) < 4.78 is 66.3. The van der Waals surface area contributed by atoms with Crippen LogP contribution in [0.25, 0.3) is 0 Å². The molecule has 2 aliphatic rings. The van der Waals surface area contributed by atoms with Gasteiger partial charge in [-0.1, -0.05) is 12.1 Å². The van der Waals surface area contributed by atoms with E-state index in [1.165, 1.54) is 32.4 Å². The van der Waals surface area contributed by atoms with Crippen LogP contribution >= 0.6 is 0 Å². The molecule has 2 aromatic rings. The highest BCUT2D eigenvalue weighted by Gasteiger charge is 2.46. The van der Waals surface area contributed by atoms with Gasteiger partial charge in [0.05, 0.1) is 11.0 Å². The maximum absolute atomic E-state index is 13.8. The summed E-state index contributed by atoms with van der Waals surface area (Å²) >= 11 is 0. The van der Waals surface area contributed by atoms with Gasteiger partial charge < -0.3 is 16.0 Å². The number of hydrazone groups is 1. The quantitative estimate of drug-likeness (QED) is 0.199. The summed E-state index contributed by atoms with van der Waals surface area (Å²) in [6.45, 7) is 1.42. The molecule has 4 rings (SSSR count). The Morgan fingerprint density at radius 1 is 1.10 bits per heavy atom. The Hall–Kier alpha value is -3.09. The first kappa shape index (κ1) is 31.4. The Balaban J connectivity index is 0.00000216. The van der Waals surface area contributed by atoms with E-state index in [0.717, 1.165) is 55.2 Å². The monoisotopic (exact) mass is 568 g/mol. The lowest BCUT2D eigenvalue weighted by molar-refractivity contribution is -0.137. The Morgan fingerprint density at radius 3 is 2.35 bits per heavy atom. The molecule has 2 aromatic carbocycles. The molecule has 0 radical (unpaired) electrons. The van der Waals surface area contributed by atoms with Crippen LogP contribution in [0.1, 0.15) is 54.7 Å². The number of likely N-dealkylation sites (tertiary alicyclic amines) is 1. The average molecular weight is 569 g/mol. The van der Waals surface area contributed by atoms with Gasteiger partial charge >= 0.3 is 6.18 Å². The Kier molecular flexibility index (Phi) is 10.6. The van der Waals surface area contributed by atoms with E-state index >= 15 is 0 Å². The lowest BCUT2D eigenvalue weighted by atomic mass is 9.85. The summed E-state index contributed by atoms with van der Waals surface area (Å²) in [4.78, 5) is 15.7. The van der Waals surface area contributed by atoms with Crippen molar-refractivity contribution < 1.29 is 26.7 Å². The molecule has 1 heterocycles. The molecule has 1 saturated heterocycles. The first-order valence-electron chi connectivity index (χ1n) is 13.2. The van der Waals surface area contributed by atoms with E-state index in [2.05, 4.69) is 21.1 Å². The van der Waals surface area contributed by atoms with Crippen LogP contribution in [-0.4, -0.2) is 55.4 Å². The van der Waals surface area contributed by atoms with Crippen molar-refractivity contribution in [3.63, 3.8) is 0 Å². The number of alkyl halides is 3. The van der Waals surface area contributed by atoms with Gasteiger partial charge in [0.15, 0.2) is 0 Å². The van der Waals surface area contributed by atoms with E-state index in [1.807, 2.05) is 12.1 Å². The maximum atomic E-state index is 13.8. The minimum absolute atomic E-state index is 0.0196. The zero-order chi connectivity index (χ0) is 29.5. The van der Waals surface area contributed by atoms with Crippen LogP contribution in [0, 0.1) is 17.0 Å². The molecule has 1 amide bonds. The van der Waals surface area contributed by atoms with Gasteiger partial charge in [-0.15, -0.1) is 0 Å². The van der Waals surface area contributed by atoms with E-state index in [4.69, 9.17) is 5.84 Å². The van der Waals surface area contributed by atoms with Crippen LogP contribution in [-0.2, 0) is 17.5 Å². The third-order valence-corrected chi connectivity index (χ3v) is 7.59. The fraction of sp³-hybridized carbons (Fsp3) is 0.500. The van der Waals surface area contributed by atoms with Gasteiger partial charge in [0, 0.05) is 25.8 Å². The van der Waals surface area contributed by atoms with Crippen LogP contribution < -0.4 is 16.9 Å². The number of hydrogen-bond donors (Lipinski definition) is 3. The standard InChI is InChI=1S/C27H32F5N5O.CH5N/c1-36(33)35-17-26(25(38)34-16-18-12-21(27(30,31)32)14-23(29)13-18)9-6-24(15-26)37-10-7-20(8-11-37)19-2-4-22(28)5-3-19;1-2/h2-5,12-14,17,20,24H,6-11,15-16,33H2,1H3,(H,34,38);2H2,1H3/b35-17+;. The SMILES string of the molecule is CN.CN(N)/N=C/C1(C(=O)NCc2cc(F)cc(C(F)(F)F)c2)CCC(N2CCC(c3ccc(F)cc3)CC2)C1. The van der Waals surface area contributed by atoms with Crippen molar-refractivity contribution in [1.29, 1.82) is 0 Å². The van der Waals surface area contributed by atoms with Gasteiger partial charge in [-0.3, -0.25) is 4.79 Å². The second-order valence-corrected chi connectivity index (χ2v) is 10.3. The number of hydrogen-bond acceptors (Lipinski definition) is 6. The predicted octanol–water partition coefficient (Wildman–Crippen LogP) is 4.38. The largest absolute Gasteiger partial charge is 0.416 e. The number of rotatable bonds is 7. The molecular weight excluding hydrogens is 531 g/mol. The number of amides is 1. The molecule has 2 fully saturated rings. The second kappa shape index (κ2) is 13.5. The molecule has 5 N–H and O–H groups in total. The number of piperidine rings is 1. The number of carbonyl (C=O) groups excluding carboxylic acids is 1. The first-order chi connectivity index (χ1) is 18.9. The van der Waals surface area contributed by atoms with Gasteiger partial charge in [0.2, 0.25) is 5.91 Å². The van der Waals surface area contributed by atoms with Crippen molar-refractivity contribution in [1.82, 2.24) is 15.3 Å². The molecule has 1 aliphatic heterocycles. The molecule has 7 nitrogen and oxygen atoms in total. The van der Waals surface area contributed by atoms with Crippen molar-refractivity contribution in [2.75, 3.05) is 27.2 Å². The fourth-order valence-electron chi connectivity index (χ4n) is 5.55. The van der Waals surface area contributed by atoms with Crippen LogP contribution in [0.3, 0.4) is 0 Å². The summed E-state index contributed by atoms with van der Waals surface area (Å²) in [5.41, 5.74) is 3.54. The second-order valence-electron chi connectivity index (χ2n) is 10.3. The minimum Gasteiger partial charge on any atom is -0.351 e. The number of nitrogens with zero attached hydrogens (tertiary/aromatic N) is 3. The van der Waals surface area contributed by atoms with E-state index < -0.39 is 23.0 Å². The molecule has 12 heteroatoms. The lowest BCUT2D eigenvalue weighted by Crippen LogP contribution is -2.44. The molecular formula is C28H37F5N6O. The summed E-state index contributed by atoms with van der Waals surface area (Å²) in [6, 6.07) is 8.98. The van der Waals surface area contributed by atoms with Crippen LogP contribution in [0.5, 0.6) is 0 Å². The number of halogens is 5. The normalized spacial score (nSPS) is 22.2. The maximum Gasteiger partial charge on any atom is 0.416 e. The highest BCUT2D eigenvalue weighted by molar-refractivity contribution is 5.98. The molecule has 0 aromatic heterocycles. The van der Waals surface area contributed by atoms with Crippen molar-refractivity contribution in [3.8, 4) is 0 Å². The molecule has 2 unspecified atom stereocenters. The minimum atomic E-state index is -4.69. The van der Waals surface area contributed by atoms with Gasteiger partial charge in [0.25, 0.3) is 0 Å². The third-order valence-electron chi connectivity index (χ3n) is 7.59. The highest BCUT2D eigenvalue weighted by atomic mass is 19.4. The molecule has 1 saturated carbocycles. The topological polar surface area (TPSA) is 100.0 Å². The van der Waals surface area contributed by atoms with E-state index in [1.54, 1.807) is 0 Å². The molecule has 0 spiro atoms. The lowest BCUT2D eigenvalue weighted by Gasteiger charge is -2.37. The van der Waals surface area contributed by atoms with Gasteiger partial charge in [-0.05, 0) is 99.6 Å². The smallest absolute Gasteiger partial charge is 0.351 e. The summed E-state index contributed by atoms with van der Waals surface area (Å²) in [5.74, 6) is 4.34. The zero-order valence-electron chi connectivity index (χ0n) is 22.7. The Morgan fingerprint density at radius 2 is 1.75 bits per heavy atom. The van der Waals surface area contributed by atoms with Gasteiger partial charge in [-0.25, -0.2) is 19.7 Å². The van der Waals surface area contributed by atoms with E-state index in [9.17, 15) is 26.7 Å². The Bertz CT molecular complexity index is 1150. The van der Waals surface area contributed by atoms with Crippen molar-refractivity contribution in [2.24, 2.45) is 22.1 Å². The van der Waals surface area contributed by atoms with Gasteiger partial charge in [0.1, 0.15) is 11.6 Å². The average Bonchev–Trinajstić information content (AvgIpc) is 3.37. The van der Waals surface area contributed by atoms with Crippen LogP contribution in [0.2, 0.25) is 0 Å². The number of nitrogens with one attached hydrogen (secondary N) is 1. The number of nitrogens with two attached hydrogens (primary N) is 2. The third kappa shape index (κ3) is 7.98. The fourth-order valence-corrected chi connectivity index (χ4v) is 5.55. The molecule has 1 aliphatic carbocycles. The summed E-state index contributed by atoms with van der Waals surface area (Å²) in [5, 5.41) is 7.91. The molecule has 2 atom stereocenters. The predicted molar refractivity (Wildman–Crippen MR) is 144 cm³/mol. The first-order valence-corrected chi connectivity index (χ1v) is 13.2. The van der Waals surface area contributed by atoms with Crippen LogP contribution in [0.4, 0.5) is 22.0 Å². The van der Waals surface area contributed by atoms with Crippen LogP contribution in [0.15, 0.2) is 47.6 Å². The zero-order valence-corrected chi connectivity index (χ0v) is 22.7. The number of hydrazine groups is 1.